The summed E-state index contributed by atoms with van der Waals surface area (Å²) in [6, 6.07) is 12.7. The number of hydrogen-bond acceptors (Lipinski definition) is 4. The molecule has 0 saturated heterocycles. The van der Waals surface area contributed by atoms with E-state index in [2.05, 4.69) is 0 Å². The van der Waals surface area contributed by atoms with Gasteiger partial charge in [-0.25, -0.2) is 0 Å². The average Bonchev–Trinajstić information content (AvgIpc) is 2.84. The molecule has 4 heteroatoms. The summed E-state index contributed by atoms with van der Waals surface area (Å²) in [6.45, 7) is 2.10. The van der Waals surface area contributed by atoms with Crippen LogP contribution in [-0.2, 0) is 16.1 Å². The molecule has 2 N–H and O–H groups in total. The van der Waals surface area contributed by atoms with Crippen molar-refractivity contribution in [2.24, 2.45) is 5.73 Å². The zero-order chi connectivity index (χ0) is 13.7. The summed E-state index contributed by atoms with van der Waals surface area (Å²) in [5.74, 6) is 1.06. The third kappa shape index (κ3) is 3.96. The second kappa shape index (κ2) is 6.20. The molecule has 1 aromatic heterocycles. The van der Waals surface area contributed by atoms with E-state index < -0.39 is 6.04 Å². The zero-order valence-electron chi connectivity index (χ0n) is 10.8. The minimum atomic E-state index is -0.461. The lowest BCUT2D eigenvalue weighted by Gasteiger charge is -2.09. The number of esters is 1. The van der Waals surface area contributed by atoms with Crippen LogP contribution in [0, 0.1) is 6.92 Å². The fraction of sp³-hybridized carbons (Fsp3) is 0.267. The molecule has 2 rings (SSSR count). The van der Waals surface area contributed by atoms with Gasteiger partial charge in [0.2, 0.25) is 0 Å². The fourth-order valence-electron chi connectivity index (χ4n) is 1.73. The van der Waals surface area contributed by atoms with Crippen molar-refractivity contribution < 1.29 is 13.9 Å². The largest absolute Gasteiger partial charge is 0.465 e. The SMILES string of the molecule is Cc1ccc(C(N)CC(=O)OCc2ccccc2)o1. The quantitative estimate of drug-likeness (QED) is 0.838. The Balaban J connectivity index is 1.81. The molecule has 0 amide bonds. The van der Waals surface area contributed by atoms with Crippen LogP contribution in [-0.4, -0.2) is 5.97 Å². The van der Waals surface area contributed by atoms with Crippen molar-refractivity contribution in [2.75, 3.05) is 0 Å². The van der Waals surface area contributed by atoms with Crippen molar-refractivity contribution in [2.45, 2.75) is 26.0 Å². The first kappa shape index (κ1) is 13.4. The summed E-state index contributed by atoms with van der Waals surface area (Å²) >= 11 is 0. The van der Waals surface area contributed by atoms with Crippen molar-refractivity contribution >= 4 is 5.97 Å². The van der Waals surface area contributed by atoms with E-state index >= 15 is 0 Å². The maximum absolute atomic E-state index is 11.7. The lowest BCUT2D eigenvalue weighted by molar-refractivity contribution is -0.145. The molecule has 4 nitrogen and oxygen atoms in total. The summed E-state index contributed by atoms with van der Waals surface area (Å²) in [7, 11) is 0. The van der Waals surface area contributed by atoms with E-state index in [0.29, 0.717) is 5.76 Å². The van der Waals surface area contributed by atoms with Crippen LogP contribution in [0.15, 0.2) is 46.9 Å². The molecular formula is C15H17NO3. The highest BCUT2D eigenvalue weighted by molar-refractivity contribution is 5.70. The van der Waals surface area contributed by atoms with Gasteiger partial charge in [0.05, 0.1) is 12.5 Å². The van der Waals surface area contributed by atoms with Crippen LogP contribution in [0.2, 0.25) is 0 Å². The number of hydrogen-bond donors (Lipinski definition) is 1. The first-order valence-electron chi connectivity index (χ1n) is 6.16. The van der Waals surface area contributed by atoms with Crippen molar-refractivity contribution in [3.63, 3.8) is 0 Å². The Labute approximate surface area is 112 Å². The van der Waals surface area contributed by atoms with Crippen LogP contribution in [0.5, 0.6) is 0 Å². The predicted molar refractivity (Wildman–Crippen MR) is 71.2 cm³/mol. The number of rotatable bonds is 5. The molecule has 0 fully saturated rings. The van der Waals surface area contributed by atoms with Gasteiger partial charge < -0.3 is 14.9 Å². The molecule has 19 heavy (non-hydrogen) atoms. The van der Waals surface area contributed by atoms with Gasteiger partial charge in [0.15, 0.2) is 0 Å². The summed E-state index contributed by atoms with van der Waals surface area (Å²) in [5.41, 5.74) is 6.84. The molecule has 0 spiro atoms. The van der Waals surface area contributed by atoms with Gasteiger partial charge in [0, 0.05) is 0 Å². The number of carbonyl (C=O) groups is 1. The second-order valence-corrected chi connectivity index (χ2v) is 4.41. The molecule has 1 heterocycles. The average molecular weight is 259 g/mol. The lowest BCUT2D eigenvalue weighted by atomic mass is 10.2. The number of ether oxygens (including phenoxy) is 1. The van der Waals surface area contributed by atoms with E-state index in [-0.39, 0.29) is 19.0 Å². The Kier molecular flexibility index (Phi) is 4.36. The van der Waals surface area contributed by atoms with Gasteiger partial charge in [-0.15, -0.1) is 0 Å². The van der Waals surface area contributed by atoms with Gasteiger partial charge in [-0.1, -0.05) is 30.3 Å². The first-order valence-corrected chi connectivity index (χ1v) is 6.16. The smallest absolute Gasteiger partial charge is 0.308 e. The zero-order valence-corrected chi connectivity index (χ0v) is 10.8. The third-order valence-electron chi connectivity index (χ3n) is 2.76. The Morgan fingerprint density at radius 1 is 1.26 bits per heavy atom. The highest BCUT2D eigenvalue weighted by Crippen LogP contribution is 2.17. The van der Waals surface area contributed by atoms with E-state index in [1.165, 1.54) is 0 Å². The number of carbonyl (C=O) groups excluding carboxylic acids is 1. The van der Waals surface area contributed by atoms with Crippen molar-refractivity contribution in [3.8, 4) is 0 Å². The van der Waals surface area contributed by atoms with Crippen LogP contribution in [0.1, 0.15) is 29.5 Å². The molecule has 0 bridgehead atoms. The van der Waals surface area contributed by atoms with E-state index in [1.54, 1.807) is 6.07 Å². The summed E-state index contributed by atoms with van der Waals surface area (Å²) < 4.78 is 10.5. The molecule has 0 aliphatic carbocycles. The van der Waals surface area contributed by atoms with Crippen LogP contribution >= 0.6 is 0 Å². The van der Waals surface area contributed by atoms with Crippen LogP contribution < -0.4 is 5.73 Å². The molecule has 0 aliphatic rings. The number of nitrogens with two attached hydrogens (primary N) is 1. The van der Waals surface area contributed by atoms with E-state index in [4.69, 9.17) is 14.9 Å². The number of benzene rings is 1. The summed E-state index contributed by atoms with van der Waals surface area (Å²) in [5, 5.41) is 0. The van der Waals surface area contributed by atoms with E-state index in [0.717, 1.165) is 11.3 Å². The molecule has 0 saturated carbocycles. The van der Waals surface area contributed by atoms with E-state index in [1.807, 2.05) is 43.3 Å². The summed E-state index contributed by atoms with van der Waals surface area (Å²) in [4.78, 5) is 11.7. The van der Waals surface area contributed by atoms with Crippen LogP contribution in [0.4, 0.5) is 0 Å². The highest BCUT2D eigenvalue weighted by Gasteiger charge is 2.15. The van der Waals surface area contributed by atoms with Gasteiger partial charge in [0.1, 0.15) is 18.1 Å². The van der Waals surface area contributed by atoms with Crippen LogP contribution in [0.25, 0.3) is 0 Å². The molecule has 1 unspecified atom stereocenters. The maximum Gasteiger partial charge on any atom is 0.308 e. The molecular weight excluding hydrogens is 242 g/mol. The minimum Gasteiger partial charge on any atom is -0.465 e. The molecule has 2 aromatic rings. The molecule has 0 aliphatic heterocycles. The normalized spacial score (nSPS) is 12.1. The van der Waals surface area contributed by atoms with Gasteiger partial charge in [0.25, 0.3) is 0 Å². The Morgan fingerprint density at radius 3 is 2.63 bits per heavy atom. The third-order valence-corrected chi connectivity index (χ3v) is 2.76. The number of aryl methyl sites for hydroxylation is 1. The second-order valence-electron chi connectivity index (χ2n) is 4.41. The van der Waals surface area contributed by atoms with Crippen molar-refractivity contribution in [1.29, 1.82) is 0 Å². The summed E-state index contributed by atoms with van der Waals surface area (Å²) in [6.07, 6.45) is 0.111. The van der Waals surface area contributed by atoms with E-state index in [9.17, 15) is 4.79 Å². The standard InChI is InChI=1S/C15H17NO3/c1-11-7-8-14(19-11)13(16)9-15(17)18-10-12-5-3-2-4-6-12/h2-8,13H,9-10,16H2,1H3. The van der Waals surface area contributed by atoms with Crippen molar-refractivity contribution in [1.82, 2.24) is 0 Å². The first-order chi connectivity index (χ1) is 9.15. The minimum absolute atomic E-state index is 0.111. The van der Waals surface area contributed by atoms with Gasteiger partial charge >= 0.3 is 5.97 Å². The van der Waals surface area contributed by atoms with Gasteiger partial charge in [-0.2, -0.15) is 0 Å². The predicted octanol–water partition coefficient (Wildman–Crippen LogP) is 2.72. The molecule has 1 aromatic carbocycles. The molecule has 0 radical (unpaired) electrons. The van der Waals surface area contributed by atoms with Gasteiger partial charge in [-0.05, 0) is 24.6 Å². The van der Waals surface area contributed by atoms with Gasteiger partial charge in [-0.3, -0.25) is 4.79 Å². The topological polar surface area (TPSA) is 65.5 Å². The van der Waals surface area contributed by atoms with Crippen LogP contribution in [0.3, 0.4) is 0 Å². The van der Waals surface area contributed by atoms with Crippen molar-refractivity contribution in [3.05, 3.63) is 59.5 Å². The highest BCUT2D eigenvalue weighted by atomic mass is 16.5. The Bertz CT molecular complexity index is 533. The Morgan fingerprint density at radius 2 is 2.00 bits per heavy atom. The molecule has 100 valence electrons. The number of furan rings is 1. The molecule has 1 atom stereocenters. The maximum atomic E-state index is 11.7. The monoisotopic (exact) mass is 259 g/mol. The lowest BCUT2D eigenvalue weighted by Crippen LogP contribution is -2.16. The fourth-order valence-corrected chi connectivity index (χ4v) is 1.73. The Hall–Kier alpha value is -2.07.